The molecule has 5 rings (SSSR count). The van der Waals surface area contributed by atoms with Crippen LogP contribution in [0.5, 0.6) is 5.75 Å². The Hall–Kier alpha value is -3.12. The second-order valence-electron chi connectivity index (χ2n) is 9.99. The van der Waals surface area contributed by atoms with Crippen molar-refractivity contribution in [1.29, 1.82) is 0 Å². The fraction of sp³-hybridized carbons (Fsp3) is 0.433. The van der Waals surface area contributed by atoms with Crippen molar-refractivity contribution in [2.75, 3.05) is 26.7 Å². The van der Waals surface area contributed by atoms with E-state index in [9.17, 15) is 0 Å². The number of benzene rings is 1. The highest BCUT2D eigenvalue weighted by atomic mass is 32.2. The molecule has 1 unspecified atom stereocenters. The topological polar surface area (TPSA) is 68.1 Å². The fourth-order valence-electron chi connectivity index (χ4n) is 4.79. The van der Waals surface area contributed by atoms with Gasteiger partial charge in [-0.05, 0) is 95.1 Å². The number of aromatic nitrogens is 4. The van der Waals surface area contributed by atoms with E-state index in [0.29, 0.717) is 24.4 Å². The van der Waals surface area contributed by atoms with Crippen molar-refractivity contribution < 1.29 is 4.74 Å². The van der Waals surface area contributed by atoms with Crippen LogP contribution in [-0.2, 0) is 6.61 Å². The molecule has 8 heteroatoms. The lowest BCUT2D eigenvalue weighted by atomic mass is 10.1. The van der Waals surface area contributed by atoms with Crippen molar-refractivity contribution in [3.05, 3.63) is 71.8 Å². The number of nitrogens with zero attached hydrogens (tertiary/aromatic N) is 5. The zero-order chi connectivity index (χ0) is 26.2. The first-order chi connectivity index (χ1) is 18.7. The Morgan fingerprint density at radius 3 is 2.82 bits per heavy atom. The van der Waals surface area contributed by atoms with Crippen LogP contribution in [-0.4, -0.2) is 62.6 Å². The standard InChI is InChI=1S/C30H36N6OS/c1-23-20-27(13-12-24(23)8-6-17-32-25-14-18-35(2)19-15-25)37-22-29-33-34-30(38-28-10-4-3-5-11-28)36(29)26-9-7-16-31-21-26/h4,7,9-10,12-13,16,20-21,25,28,32H,3,5,11,14-15,17-19,22H2,1-2H3. The van der Waals surface area contributed by atoms with Gasteiger partial charge in [0.25, 0.3) is 0 Å². The third-order valence-corrected chi connectivity index (χ3v) is 8.23. The highest BCUT2D eigenvalue weighted by Crippen LogP contribution is 2.31. The van der Waals surface area contributed by atoms with E-state index < -0.39 is 0 Å². The second-order valence-corrected chi connectivity index (χ2v) is 11.2. The zero-order valence-electron chi connectivity index (χ0n) is 22.3. The summed E-state index contributed by atoms with van der Waals surface area (Å²) in [5, 5.41) is 13.9. The summed E-state index contributed by atoms with van der Waals surface area (Å²) in [6.07, 6.45) is 14.1. The summed E-state index contributed by atoms with van der Waals surface area (Å²) in [5.41, 5.74) is 3.07. The van der Waals surface area contributed by atoms with Gasteiger partial charge in [-0.25, -0.2) is 0 Å². The maximum absolute atomic E-state index is 6.18. The molecule has 0 spiro atoms. The number of ether oxygens (including phenoxy) is 1. The number of allylic oxidation sites excluding steroid dienone is 1. The number of pyridine rings is 1. The molecule has 0 saturated carbocycles. The summed E-state index contributed by atoms with van der Waals surface area (Å²) in [6.45, 7) is 5.41. The Labute approximate surface area is 230 Å². The first-order valence-corrected chi connectivity index (χ1v) is 14.4. The van der Waals surface area contributed by atoms with Gasteiger partial charge in [0.1, 0.15) is 12.4 Å². The Kier molecular flexibility index (Phi) is 9.13. The van der Waals surface area contributed by atoms with Crippen LogP contribution >= 0.6 is 11.8 Å². The molecule has 3 aromatic rings. The maximum atomic E-state index is 6.18. The SMILES string of the molecule is Cc1cc(OCc2nnc(SC3C=CCCC3)n2-c2cccnc2)ccc1C#CCNC1CCN(C)CC1. The van der Waals surface area contributed by atoms with Crippen molar-refractivity contribution in [2.24, 2.45) is 0 Å². The molecule has 3 heterocycles. The summed E-state index contributed by atoms with van der Waals surface area (Å²) in [6, 6.07) is 10.6. The van der Waals surface area contributed by atoms with Crippen LogP contribution in [0.4, 0.5) is 0 Å². The predicted molar refractivity (Wildman–Crippen MR) is 153 cm³/mol. The Morgan fingerprint density at radius 1 is 1.16 bits per heavy atom. The van der Waals surface area contributed by atoms with Crippen molar-refractivity contribution >= 4 is 11.8 Å². The molecule has 0 bridgehead atoms. The van der Waals surface area contributed by atoms with Crippen LogP contribution in [0.1, 0.15) is 49.1 Å². The van der Waals surface area contributed by atoms with Crippen molar-refractivity contribution in [3.8, 4) is 23.3 Å². The van der Waals surface area contributed by atoms with Crippen LogP contribution in [0, 0.1) is 18.8 Å². The quantitative estimate of drug-likeness (QED) is 0.333. The minimum absolute atomic E-state index is 0.313. The molecule has 0 radical (unpaired) electrons. The smallest absolute Gasteiger partial charge is 0.196 e. The van der Waals surface area contributed by atoms with Gasteiger partial charge in [-0.15, -0.1) is 10.2 Å². The van der Waals surface area contributed by atoms with Gasteiger partial charge in [0.05, 0.1) is 18.4 Å². The van der Waals surface area contributed by atoms with E-state index in [2.05, 4.69) is 67.9 Å². The predicted octanol–water partition coefficient (Wildman–Crippen LogP) is 4.79. The lowest BCUT2D eigenvalue weighted by Crippen LogP contribution is -2.40. The summed E-state index contributed by atoms with van der Waals surface area (Å²) in [5.74, 6) is 8.15. The third kappa shape index (κ3) is 7.04. The Balaban J connectivity index is 1.22. The molecule has 2 aromatic heterocycles. The molecule has 7 nitrogen and oxygen atoms in total. The average molecular weight is 529 g/mol. The van der Waals surface area contributed by atoms with E-state index in [-0.39, 0.29) is 0 Å². The maximum Gasteiger partial charge on any atom is 0.196 e. The van der Waals surface area contributed by atoms with Crippen LogP contribution in [0.25, 0.3) is 5.69 Å². The summed E-state index contributed by atoms with van der Waals surface area (Å²) >= 11 is 1.75. The van der Waals surface area contributed by atoms with Gasteiger partial charge < -0.3 is 15.0 Å². The number of aryl methyl sites for hydroxylation is 1. The zero-order valence-corrected chi connectivity index (χ0v) is 23.1. The van der Waals surface area contributed by atoms with Gasteiger partial charge in [0.2, 0.25) is 0 Å². The molecule has 1 atom stereocenters. The first-order valence-electron chi connectivity index (χ1n) is 13.5. The number of hydrogen-bond donors (Lipinski definition) is 1. The van der Waals surface area contributed by atoms with Crippen LogP contribution in [0.15, 0.2) is 60.0 Å². The molecule has 1 aliphatic heterocycles. The lowest BCUT2D eigenvalue weighted by Gasteiger charge is -2.29. The van der Waals surface area contributed by atoms with E-state index >= 15 is 0 Å². The molecule has 1 aromatic carbocycles. The molecule has 1 saturated heterocycles. The van der Waals surface area contributed by atoms with E-state index in [4.69, 9.17) is 4.74 Å². The van der Waals surface area contributed by atoms with Gasteiger partial charge in [0, 0.05) is 23.1 Å². The van der Waals surface area contributed by atoms with E-state index in [1.165, 1.54) is 19.3 Å². The molecular weight excluding hydrogens is 492 g/mol. The molecule has 2 aliphatic rings. The summed E-state index contributed by atoms with van der Waals surface area (Å²) in [4.78, 5) is 6.69. The van der Waals surface area contributed by atoms with Gasteiger partial charge in [-0.2, -0.15) is 0 Å². The first kappa shape index (κ1) is 26.5. The van der Waals surface area contributed by atoms with Gasteiger partial charge in [0.15, 0.2) is 11.0 Å². The molecule has 1 fully saturated rings. The normalized spacial score (nSPS) is 18.2. The summed E-state index contributed by atoms with van der Waals surface area (Å²) in [7, 11) is 2.18. The van der Waals surface area contributed by atoms with E-state index in [1.807, 2.05) is 36.5 Å². The molecule has 1 N–H and O–H groups in total. The molecule has 1 aliphatic carbocycles. The van der Waals surface area contributed by atoms with E-state index in [1.54, 1.807) is 18.0 Å². The number of hydrogen-bond acceptors (Lipinski definition) is 7. The number of thioether (sulfide) groups is 1. The third-order valence-electron chi connectivity index (χ3n) is 7.06. The molecule has 38 heavy (non-hydrogen) atoms. The molecule has 0 amide bonds. The number of nitrogens with one attached hydrogen (secondary N) is 1. The van der Waals surface area contributed by atoms with Crippen molar-refractivity contribution in [3.63, 3.8) is 0 Å². The van der Waals surface area contributed by atoms with Gasteiger partial charge in [-0.1, -0.05) is 35.8 Å². The minimum Gasteiger partial charge on any atom is -0.486 e. The highest BCUT2D eigenvalue weighted by Gasteiger charge is 2.20. The van der Waals surface area contributed by atoms with Crippen LogP contribution in [0.3, 0.4) is 0 Å². The van der Waals surface area contributed by atoms with Gasteiger partial charge in [-0.3, -0.25) is 9.55 Å². The average Bonchev–Trinajstić information content (AvgIpc) is 3.35. The number of rotatable bonds is 8. The molecule has 198 valence electrons. The molecular formula is C30H36N6OS. The largest absolute Gasteiger partial charge is 0.486 e. The highest BCUT2D eigenvalue weighted by molar-refractivity contribution is 7.99. The van der Waals surface area contributed by atoms with Crippen molar-refractivity contribution in [2.45, 2.75) is 62.1 Å². The Morgan fingerprint density at radius 2 is 2.05 bits per heavy atom. The number of likely N-dealkylation sites (tertiary alicyclic amines) is 1. The summed E-state index contributed by atoms with van der Waals surface area (Å²) < 4.78 is 8.24. The minimum atomic E-state index is 0.313. The van der Waals surface area contributed by atoms with Gasteiger partial charge >= 0.3 is 0 Å². The monoisotopic (exact) mass is 528 g/mol. The second kappa shape index (κ2) is 13.1. The van der Waals surface area contributed by atoms with Crippen LogP contribution < -0.4 is 10.1 Å². The lowest BCUT2D eigenvalue weighted by molar-refractivity contribution is 0.238. The van der Waals surface area contributed by atoms with E-state index in [0.717, 1.165) is 59.5 Å². The Bertz CT molecular complexity index is 1290. The number of piperidine rings is 1. The fourth-order valence-corrected chi connectivity index (χ4v) is 5.94. The van der Waals surface area contributed by atoms with Crippen molar-refractivity contribution in [1.82, 2.24) is 30.0 Å². The van der Waals surface area contributed by atoms with Crippen LogP contribution in [0.2, 0.25) is 0 Å².